The number of benzene rings is 1. The summed E-state index contributed by atoms with van der Waals surface area (Å²) in [6.45, 7) is 0.752. The number of ether oxygens (including phenoxy) is 1. The molecule has 1 aromatic carbocycles. The summed E-state index contributed by atoms with van der Waals surface area (Å²) in [7, 11) is 1.56. The highest BCUT2D eigenvalue weighted by atomic mass is 16.5. The summed E-state index contributed by atoms with van der Waals surface area (Å²) in [5.74, 6) is 0.655. The SMILES string of the molecule is COc1ccc(CNC2CC=CC2)cc1/C(N)=N/O. The molecule has 0 aliphatic heterocycles. The number of hydrogen-bond acceptors (Lipinski definition) is 4. The fraction of sp³-hybridized carbons (Fsp3) is 0.357. The minimum atomic E-state index is 0.0567. The molecule has 0 saturated carbocycles. The van der Waals surface area contributed by atoms with Crippen molar-refractivity contribution in [3.05, 3.63) is 41.5 Å². The van der Waals surface area contributed by atoms with Crippen molar-refractivity contribution in [1.29, 1.82) is 0 Å². The van der Waals surface area contributed by atoms with Crippen LogP contribution in [0.15, 0.2) is 35.5 Å². The van der Waals surface area contributed by atoms with E-state index in [0.29, 0.717) is 17.4 Å². The van der Waals surface area contributed by atoms with Crippen LogP contribution in [0.2, 0.25) is 0 Å². The maximum atomic E-state index is 8.79. The summed E-state index contributed by atoms with van der Waals surface area (Å²) in [4.78, 5) is 0. The monoisotopic (exact) mass is 261 g/mol. The maximum Gasteiger partial charge on any atom is 0.173 e. The van der Waals surface area contributed by atoms with Gasteiger partial charge in [0.25, 0.3) is 0 Å². The Bertz CT molecular complexity index is 489. The molecule has 0 bridgehead atoms. The van der Waals surface area contributed by atoms with Crippen molar-refractivity contribution in [3.8, 4) is 5.75 Å². The van der Waals surface area contributed by atoms with E-state index in [0.717, 1.165) is 24.9 Å². The molecule has 0 amide bonds. The number of hydrogen-bond donors (Lipinski definition) is 3. The average Bonchev–Trinajstić information content (AvgIpc) is 2.97. The van der Waals surface area contributed by atoms with E-state index in [-0.39, 0.29) is 5.84 Å². The highest BCUT2D eigenvalue weighted by molar-refractivity contribution is 5.99. The molecule has 0 unspecified atom stereocenters. The molecule has 5 heteroatoms. The predicted octanol–water partition coefficient (Wildman–Crippen LogP) is 1.60. The van der Waals surface area contributed by atoms with Gasteiger partial charge in [-0.25, -0.2) is 0 Å². The van der Waals surface area contributed by atoms with Crippen LogP contribution >= 0.6 is 0 Å². The predicted molar refractivity (Wildman–Crippen MR) is 74.5 cm³/mol. The highest BCUT2D eigenvalue weighted by Crippen LogP contribution is 2.20. The molecule has 0 saturated heterocycles. The first-order valence-corrected chi connectivity index (χ1v) is 6.27. The molecule has 0 atom stereocenters. The molecule has 1 aliphatic carbocycles. The summed E-state index contributed by atoms with van der Waals surface area (Å²) in [6, 6.07) is 6.19. The van der Waals surface area contributed by atoms with Crippen LogP contribution < -0.4 is 15.8 Å². The number of nitrogens with zero attached hydrogens (tertiary/aromatic N) is 1. The summed E-state index contributed by atoms with van der Waals surface area (Å²) in [5, 5.41) is 15.3. The van der Waals surface area contributed by atoms with Gasteiger partial charge in [0.05, 0.1) is 12.7 Å². The summed E-state index contributed by atoms with van der Waals surface area (Å²) < 4.78 is 5.20. The van der Waals surface area contributed by atoms with Crippen LogP contribution in [0.5, 0.6) is 5.75 Å². The Morgan fingerprint density at radius 1 is 1.47 bits per heavy atom. The lowest BCUT2D eigenvalue weighted by Crippen LogP contribution is -2.26. The van der Waals surface area contributed by atoms with E-state index in [1.54, 1.807) is 7.11 Å². The van der Waals surface area contributed by atoms with Crippen LogP contribution in [0, 0.1) is 0 Å². The maximum absolute atomic E-state index is 8.79. The molecule has 0 radical (unpaired) electrons. The zero-order chi connectivity index (χ0) is 13.7. The Labute approximate surface area is 112 Å². The van der Waals surface area contributed by atoms with Crippen LogP contribution in [0.3, 0.4) is 0 Å². The van der Waals surface area contributed by atoms with Gasteiger partial charge in [-0.15, -0.1) is 0 Å². The Kier molecular flexibility index (Phi) is 4.41. The van der Waals surface area contributed by atoms with Gasteiger partial charge in [0.1, 0.15) is 5.75 Å². The molecule has 0 spiro atoms. The molecule has 2 rings (SSSR count). The van der Waals surface area contributed by atoms with Gasteiger partial charge in [-0.3, -0.25) is 0 Å². The normalized spacial score (nSPS) is 15.9. The second-order valence-electron chi connectivity index (χ2n) is 4.54. The molecule has 0 heterocycles. The number of oxime groups is 1. The van der Waals surface area contributed by atoms with E-state index in [1.807, 2.05) is 18.2 Å². The first kappa shape index (κ1) is 13.4. The first-order valence-electron chi connectivity index (χ1n) is 6.27. The van der Waals surface area contributed by atoms with Crippen molar-refractivity contribution in [2.24, 2.45) is 10.9 Å². The van der Waals surface area contributed by atoms with E-state index >= 15 is 0 Å². The molecule has 1 aliphatic rings. The Morgan fingerprint density at radius 2 is 2.21 bits per heavy atom. The van der Waals surface area contributed by atoms with Gasteiger partial charge in [0, 0.05) is 12.6 Å². The third-order valence-electron chi connectivity index (χ3n) is 3.25. The number of nitrogens with two attached hydrogens (primary N) is 1. The molecule has 5 nitrogen and oxygen atoms in total. The van der Waals surface area contributed by atoms with E-state index in [2.05, 4.69) is 22.6 Å². The van der Waals surface area contributed by atoms with Gasteiger partial charge >= 0.3 is 0 Å². The molecule has 19 heavy (non-hydrogen) atoms. The topological polar surface area (TPSA) is 79.9 Å². The van der Waals surface area contributed by atoms with Crippen molar-refractivity contribution >= 4 is 5.84 Å². The van der Waals surface area contributed by atoms with Gasteiger partial charge < -0.3 is 21.0 Å². The average molecular weight is 261 g/mol. The number of nitrogens with one attached hydrogen (secondary N) is 1. The van der Waals surface area contributed by atoms with E-state index in [4.69, 9.17) is 15.7 Å². The summed E-state index contributed by atoms with van der Waals surface area (Å²) in [6.07, 6.45) is 6.52. The smallest absolute Gasteiger partial charge is 0.173 e. The van der Waals surface area contributed by atoms with Crippen molar-refractivity contribution in [2.75, 3.05) is 7.11 Å². The molecule has 0 fully saturated rings. The number of amidine groups is 1. The van der Waals surface area contributed by atoms with Gasteiger partial charge in [0.2, 0.25) is 0 Å². The largest absolute Gasteiger partial charge is 0.496 e. The Morgan fingerprint density at radius 3 is 2.84 bits per heavy atom. The van der Waals surface area contributed by atoms with Crippen LogP contribution in [0.1, 0.15) is 24.0 Å². The van der Waals surface area contributed by atoms with Crippen molar-refractivity contribution in [2.45, 2.75) is 25.4 Å². The van der Waals surface area contributed by atoms with Gasteiger partial charge in [-0.2, -0.15) is 0 Å². The van der Waals surface area contributed by atoms with Crippen LogP contribution in [0.25, 0.3) is 0 Å². The van der Waals surface area contributed by atoms with Crippen molar-refractivity contribution < 1.29 is 9.94 Å². The lowest BCUT2D eigenvalue weighted by Gasteiger charge is -2.13. The molecule has 4 N–H and O–H groups in total. The Hall–Kier alpha value is -2.01. The van der Waals surface area contributed by atoms with Gasteiger partial charge in [-0.1, -0.05) is 23.4 Å². The minimum absolute atomic E-state index is 0.0567. The third kappa shape index (κ3) is 3.26. The fourth-order valence-corrected chi connectivity index (χ4v) is 2.17. The lowest BCUT2D eigenvalue weighted by atomic mass is 10.1. The highest BCUT2D eigenvalue weighted by Gasteiger charge is 2.11. The van der Waals surface area contributed by atoms with Crippen molar-refractivity contribution in [3.63, 3.8) is 0 Å². The fourth-order valence-electron chi connectivity index (χ4n) is 2.17. The second kappa shape index (κ2) is 6.24. The summed E-state index contributed by atoms with van der Waals surface area (Å²) >= 11 is 0. The van der Waals surface area contributed by atoms with E-state index in [9.17, 15) is 0 Å². The zero-order valence-corrected chi connectivity index (χ0v) is 11.0. The molecular formula is C14H19N3O2. The molecular weight excluding hydrogens is 242 g/mol. The lowest BCUT2D eigenvalue weighted by molar-refractivity contribution is 0.318. The third-order valence-corrected chi connectivity index (χ3v) is 3.25. The Balaban J connectivity index is 2.08. The van der Waals surface area contributed by atoms with E-state index in [1.165, 1.54) is 0 Å². The zero-order valence-electron chi connectivity index (χ0n) is 11.0. The standard InChI is InChI=1S/C14H19N3O2/c1-19-13-7-6-10(8-12(13)14(15)17-18)9-16-11-4-2-3-5-11/h2-3,6-8,11,16,18H,4-5,9H2,1H3,(H2,15,17). The molecule has 1 aromatic rings. The number of methoxy groups -OCH3 is 1. The quantitative estimate of drug-likeness (QED) is 0.247. The van der Waals surface area contributed by atoms with E-state index < -0.39 is 0 Å². The second-order valence-corrected chi connectivity index (χ2v) is 4.54. The van der Waals surface area contributed by atoms with Gasteiger partial charge in [0.15, 0.2) is 5.84 Å². The van der Waals surface area contributed by atoms with Crippen molar-refractivity contribution in [1.82, 2.24) is 5.32 Å². The minimum Gasteiger partial charge on any atom is -0.496 e. The molecule has 102 valence electrons. The number of rotatable bonds is 5. The summed E-state index contributed by atoms with van der Waals surface area (Å²) in [5.41, 5.74) is 7.33. The van der Waals surface area contributed by atoms with Crippen LogP contribution in [-0.2, 0) is 6.54 Å². The first-order chi connectivity index (χ1) is 9.24. The van der Waals surface area contributed by atoms with Gasteiger partial charge in [-0.05, 0) is 30.5 Å². The van der Waals surface area contributed by atoms with Crippen LogP contribution in [0.4, 0.5) is 0 Å². The molecule has 0 aromatic heterocycles. The van der Waals surface area contributed by atoms with Crippen LogP contribution in [-0.4, -0.2) is 24.2 Å².